The second-order valence-electron chi connectivity index (χ2n) is 4.54. The number of hydrazone groups is 1. The summed E-state index contributed by atoms with van der Waals surface area (Å²) in [6.07, 6.45) is 0. The van der Waals surface area contributed by atoms with E-state index >= 15 is 0 Å². The van der Waals surface area contributed by atoms with Crippen molar-refractivity contribution >= 4 is 22.2 Å². The molecule has 21 heavy (non-hydrogen) atoms. The topological polar surface area (TPSA) is 55.7 Å². The Hall–Kier alpha value is -2.08. The molecule has 0 fully saturated rings. The summed E-state index contributed by atoms with van der Waals surface area (Å²) in [6.45, 7) is 5.96. The Morgan fingerprint density at radius 1 is 1.19 bits per heavy atom. The van der Waals surface area contributed by atoms with Gasteiger partial charge in [0, 0.05) is 10.4 Å². The Balaban J connectivity index is 2.18. The highest BCUT2D eigenvalue weighted by atomic mass is 32.1. The van der Waals surface area contributed by atoms with E-state index in [2.05, 4.69) is 15.5 Å². The van der Waals surface area contributed by atoms with Crippen LogP contribution in [0.25, 0.3) is 0 Å². The van der Waals surface area contributed by atoms with Gasteiger partial charge in [0.05, 0.1) is 25.6 Å². The van der Waals surface area contributed by atoms with Crippen molar-refractivity contribution in [1.29, 1.82) is 0 Å². The van der Waals surface area contributed by atoms with Crippen LogP contribution in [0.4, 0.5) is 5.13 Å². The van der Waals surface area contributed by atoms with Crippen LogP contribution in [0, 0.1) is 13.8 Å². The second-order valence-corrected chi connectivity index (χ2v) is 5.74. The monoisotopic (exact) mass is 305 g/mol. The number of methoxy groups -OCH3 is 2. The maximum absolute atomic E-state index is 5.30. The number of thiazole rings is 1. The predicted molar refractivity (Wildman–Crippen MR) is 87.0 cm³/mol. The van der Waals surface area contributed by atoms with E-state index in [9.17, 15) is 0 Å². The number of hydrogen-bond donors (Lipinski definition) is 1. The van der Waals surface area contributed by atoms with E-state index in [1.807, 2.05) is 39.0 Å². The first-order chi connectivity index (χ1) is 10.0. The van der Waals surface area contributed by atoms with Crippen LogP contribution in [0.15, 0.2) is 23.3 Å². The summed E-state index contributed by atoms with van der Waals surface area (Å²) in [6, 6.07) is 5.71. The fourth-order valence-electron chi connectivity index (χ4n) is 1.78. The highest BCUT2D eigenvalue weighted by Gasteiger charge is 2.07. The standard InChI is InChI=1S/C15H19N3O2S/c1-9-11(3)21-15(16-9)18-17-10(2)12-6-7-13(19-4)14(8-12)20-5/h6-8H,1-5H3,(H,16,18)/b17-10-. The maximum atomic E-state index is 5.30. The first-order valence-electron chi connectivity index (χ1n) is 6.52. The molecule has 0 saturated heterocycles. The van der Waals surface area contributed by atoms with E-state index in [4.69, 9.17) is 9.47 Å². The molecular weight excluding hydrogens is 286 g/mol. The Bertz CT molecular complexity index is 645. The van der Waals surface area contributed by atoms with Crippen molar-refractivity contribution in [1.82, 2.24) is 4.98 Å². The third-order valence-electron chi connectivity index (χ3n) is 3.15. The molecule has 5 nitrogen and oxygen atoms in total. The molecule has 2 aromatic rings. The fraction of sp³-hybridized carbons (Fsp3) is 0.333. The largest absolute Gasteiger partial charge is 0.493 e. The van der Waals surface area contributed by atoms with Gasteiger partial charge >= 0.3 is 0 Å². The number of nitrogens with one attached hydrogen (secondary N) is 1. The van der Waals surface area contributed by atoms with Gasteiger partial charge in [-0.05, 0) is 39.0 Å². The molecule has 1 heterocycles. The zero-order valence-electron chi connectivity index (χ0n) is 12.9. The van der Waals surface area contributed by atoms with Crippen LogP contribution in [-0.2, 0) is 0 Å². The number of hydrogen-bond acceptors (Lipinski definition) is 6. The number of benzene rings is 1. The number of nitrogens with zero attached hydrogens (tertiary/aromatic N) is 2. The Morgan fingerprint density at radius 3 is 2.48 bits per heavy atom. The van der Waals surface area contributed by atoms with Crippen molar-refractivity contribution < 1.29 is 9.47 Å². The average Bonchev–Trinajstić information content (AvgIpc) is 2.82. The zero-order chi connectivity index (χ0) is 15.4. The van der Waals surface area contributed by atoms with Crippen molar-refractivity contribution in [2.45, 2.75) is 20.8 Å². The van der Waals surface area contributed by atoms with Gasteiger partial charge in [0.15, 0.2) is 11.5 Å². The van der Waals surface area contributed by atoms with Gasteiger partial charge < -0.3 is 9.47 Å². The summed E-state index contributed by atoms with van der Waals surface area (Å²) in [5, 5.41) is 5.16. The van der Waals surface area contributed by atoms with E-state index < -0.39 is 0 Å². The van der Waals surface area contributed by atoms with Crippen LogP contribution >= 0.6 is 11.3 Å². The van der Waals surface area contributed by atoms with Gasteiger partial charge in [-0.2, -0.15) is 5.10 Å². The van der Waals surface area contributed by atoms with Gasteiger partial charge in [0.2, 0.25) is 5.13 Å². The summed E-state index contributed by atoms with van der Waals surface area (Å²) >= 11 is 1.59. The van der Waals surface area contributed by atoms with Crippen LogP contribution < -0.4 is 14.9 Å². The average molecular weight is 305 g/mol. The molecule has 0 atom stereocenters. The Morgan fingerprint density at radius 2 is 1.90 bits per heavy atom. The van der Waals surface area contributed by atoms with E-state index in [-0.39, 0.29) is 0 Å². The van der Waals surface area contributed by atoms with Crippen molar-refractivity contribution in [3.05, 3.63) is 34.3 Å². The molecule has 1 aromatic heterocycles. The van der Waals surface area contributed by atoms with Gasteiger partial charge in [-0.3, -0.25) is 5.43 Å². The summed E-state index contributed by atoms with van der Waals surface area (Å²) < 4.78 is 10.5. The fourth-order valence-corrected chi connectivity index (χ4v) is 2.54. The molecule has 0 aliphatic rings. The third-order valence-corrected chi connectivity index (χ3v) is 4.13. The Kier molecular flexibility index (Phi) is 4.80. The van der Waals surface area contributed by atoms with Crippen LogP contribution in [0.2, 0.25) is 0 Å². The molecule has 0 unspecified atom stereocenters. The lowest BCUT2D eigenvalue weighted by Gasteiger charge is -2.09. The SMILES string of the molecule is COc1ccc(/C(C)=N\Nc2nc(C)c(C)s2)cc1OC. The molecule has 0 aliphatic carbocycles. The second kappa shape index (κ2) is 6.58. The van der Waals surface area contributed by atoms with Crippen molar-refractivity contribution in [2.24, 2.45) is 5.10 Å². The number of rotatable bonds is 5. The molecular formula is C15H19N3O2S. The molecule has 0 bridgehead atoms. The smallest absolute Gasteiger partial charge is 0.203 e. The number of anilines is 1. The van der Waals surface area contributed by atoms with Gasteiger partial charge in [-0.25, -0.2) is 4.98 Å². The molecule has 0 radical (unpaired) electrons. The molecule has 112 valence electrons. The van der Waals surface area contributed by atoms with Gasteiger partial charge in [-0.1, -0.05) is 0 Å². The minimum Gasteiger partial charge on any atom is -0.493 e. The molecule has 0 amide bonds. The summed E-state index contributed by atoms with van der Waals surface area (Å²) in [7, 11) is 3.24. The Labute approximate surface area is 128 Å². The van der Waals surface area contributed by atoms with E-state index in [0.717, 1.165) is 22.1 Å². The van der Waals surface area contributed by atoms with Gasteiger partial charge in [0.25, 0.3) is 0 Å². The lowest BCUT2D eigenvalue weighted by Crippen LogP contribution is -2.01. The first kappa shape index (κ1) is 15.3. The number of ether oxygens (including phenoxy) is 2. The van der Waals surface area contributed by atoms with Crippen LogP contribution in [-0.4, -0.2) is 24.9 Å². The molecule has 2 rings (SSSR count). The van der Waals surface area contributed by atoms with Crippen molar-refractivity contribution in [3.8, 4) is 11.5 Å². The quantitative estimate of drug-likeness (QED) is 0.677. The predicted octanol–water partition coefficient (Wildman–Crippen LogP) is 3.61. The molecule has 6 heteroatoms. The van der Waals surface area contributed by atoms with Crippen LogP contribution in [0.3, 0.4) is 0 Å². The van der Waals surface area contributed by atoms with E-state index in [1.54, 1.807) is 25.6 Å². The molecule has 0 spiro atoms. The molecule has 1 aromatic carbocycles. The first-order valence-corrected chi connectivity index (χ1v) is 7.33. The lowest BCUT2D eigenvalue weighted by molar-refractivity contribution is 0.355. The van der Waals surface area contributed by atoms with Gasteiger partial charge in [0.1, 0.15) is 0 Å². The normalized spacial score (nSPS) is 11.4. The van der Waals surface area contributed by atoms with Gasteiger partial charge in [-0.15, -0.1) is 11.3 Å². The lowest BCUT2D eigenvalue weighted by atomic mass is 10.1. The minimum atomic E-state index is 0.686. The zero-order valence-corrected chi connectivity index (χ0v) is 13.7. The summed E-state index contributed by atoms with van der Waals surface area (Å²) in [4.78, 5) is 5.58. The van der Waals surface area contributed by atoms with E-state index in [0.29, 0.717) is 11.5 Å². The van der Waals surface area contributed by atoms with Crippen LogP contribution in [0.1, 0.15) is 23.1 Å². The summed E-state index contributed by atoms with van der Waals surface area (Å²) in [5.74, 6) is 1.39. The highest BCUT2D eigenvalue weighted by Crippen LogP contribution is 2.28. The molecule has 0 aliphatic heterocycles. The third kappa shape index (κ3) is 3.52. The van der Waals surface area contributed by atoms with Crippen molar-refractivity contribution in [3.63, 3.8) is 0 Å². The minimum absolute atomic E-state index is 0.686. The molecule has 1 N–H and O–H groups in total. The molecule has 0 saturated carbocycles. The number of aromatic nitrogens is 1. The van der Waals surface area contributed by atoms with Crippen molar-refractivity contribution in [2.75, 3.05) is 19.6 Å². The van der Waals surface area contributed by atoms with E-state index in [1.165, 1.54) is 4.88 Å². The maximum Gasteiger partial charge on any atom is 0.203 e. The summed E-state index contributed by atoms with van der Waals surface area (Å²) in [5.41, 5.74) is 5.83. The highest BCUT2D eigenvalue weighted by molar-refractivity contribution is 7.15. The van der Waals surface area contributed by atoms with Crippen LogP contribution in [0.5, 0.6) is 11.5 Å². The number of aryl methyl sites for hydroxylation is 2.